The second kappa shape index (κ2) is 3.67. The summed E-state index contributed by atoms with van der Waals surface area (Å²) in [7, 11) is 3.69. The second-order valence-corrected chi connectivity index (χ2v) is 3.27. The minimum Gasteiger partial charge on any atom is -0.335 e. The Hall–Kier alpha value is -0.900. The van der Waals surface area contributed by atoms with Crippen LogP contribution >= 0.6 is 0 Å². The molecule has 1 unspecified atom stereocenters. The summed E-state index contributed by atoms with van der Waals surface area (Å²) < 4.78 is 0. The third kappa shape index (κ3) is 1.82. The summed E-state index contributed by atoms with van der Waals surface area (Å²) in [5.74, 6) is -0.421. The molecule has 0 saturated carbocycles. The standard InChI is InChI=1S/C8H14N2O2/c1-9-4-3-7(5-9)10(2)8(12)6-11/h6-7H,3-5H2,1-2H3. The Morgan fingerprint density at radius 2 is 2.33 bits per heavy atom. The van der Waals surface area contributed by atoms with Gasteiger partial charge in [-0.15, -0.1) is 0 Å². The highest BCUT2D eigenvalue weighted by Gasteiger charge is 2.25. The van der Waals surface area contributed by atoms with Gasteiger partial charge < -0.3 is 9.80 Å². The number of likely N-dealkylation sites (N-methyl/N-ethyl adjacent to an activating group) is 2. The van der Waals surface area contributed by atoms with Crippen LogP contribution in [-0.2, 0) is 9.59 Å². The van der Waals surface area contributed by atoms with E-state index < -0.39 is 5.91 Å². The zero-order valence-corrected chi connectivity index (χ0v) is 7.49. The Balaban J connectivity index is 2.47. The molecule has 0 N–H and O–H groups in total. The monoisotopic (exact) mass is 170 g/mol. The Bertz CT molecular complexity index is 193. The number of carbonyl (C=O) groups excluding carboxylic acids is 2. The molecule has 0 aliphatic carbocycles. The third-order valence-electron chi connectivity index (χ3n) is 2.36. The lowest BCUT2D eigenvalue weighted by Crippen LogP contribution is -2.39. The molecule has 0 aromatic rings. The Morgan fingerprint density at radius 1 is 1.67 bits per heavy atom. The minimum absolute atomic E-state index is 0.215. The first kappa shape index (κ1) is 9.19. The van der Waals surface area contributed by atoms with E-state index in [1.807, 2.05) is 7.05 Å². The topological polar surface area (TPSA) is 40.6 Å². The van der Waals surface area contributed by atoms with Gasteiger partial charge in [0.15, 0.2) is 0 Å². The number of hydrogen-bond acceptors (Lipinski definition) is 3. The van der Waals surface area contributed by atoms with Crippen LogP contribution in [0.3, 0.4) is 0 Å². The molecule has 1 rings (SSSR count). The number of rotatable bonds is 2. The largest absolute Gasteiger partial charge is 0.335 e. The lowest BCUT2D eigenvalue weighted by Gasteiger charge is -2.21. The maximum Gasteiger partial charge on any atom is 0.286 e. The maximum atomic E-state index is 10.9. The molecule has 0 aromatic heterocycles. The fourth-order valence-corrected chi connectivity index (χ4v) is 1.49. The fourth-order valence-electron chi connectivity index (χ4n) is 1.49. The van der Waals surface area contributed by atoms with Crippen LogP contribution in [0, 0.1) is 0 Å². The SMILES string of the molecule is CN1CCC(N(C)C(=O)C=O)C1. The number of amides is 1. The first-order chi connectivity index (χ1) is 5.65. The number of nitrogens with zero attached hydrogens (tertiary/aromatic N) is 2. The molecule has 4 heteroatoms. The van der Waals surface area contributed by atoms with Crippen LogP contribution < -0.4 is 0 Å². The number of likely N-dealkylation sites (tertiary alicyclic amines) is 1. The van der Waals surface area contributed by atoms with Crippen molar-refractivity contribution in [3.05, 3.63) is 0 Å². The van der Waals surface area contributed by atoms with Crippen molar-refractivity contribution in [1.29, 1.82) is 0 Å². The molecule has 0 radical (unpaired) electrons. The van der Waals surface area contributed by atoms with Crippen molar-refractivity contribution >= 4 is 12.2 Å². The van der Waals surface area contributed by atoms with Gasteiger partial charge in [-0.1, -0.05) is 0 Å². The van der Waals surface area contributed by atoms with E-state index in [0.29, 0.717) is 6.29 Å². The van der Waals surface area contributed by atoms with Gasteiger partial charge in [0.1, 0.15) is 0 Å². The highest BCUT2D eigenvalue weighted by Crippen LogP contribution is 2.11. The molecule has 1 atom stereocenters. The average molecular weight is 170 g/mol. The van der Waals surface area contributed by atoms with Crippen molar-refractivity contribution in [2.24, 2.45) is 0 Å². The van der Waals surface area contributed by atoms with Crippen LogP contribution in [0.5, 0.6) is 0 Å². The van der Waals surface area contributed by atoms with Crippen molar-refractivity contribution < 1.29 is 9.59 Å². The summed E-state index contributed by atoms with van der Waals surface area (Å²) in [6.07, 6.45) is 1.34. The highest BCUT2D eigenvalue weighted by atomic mass is 16.2. The fraction of sp³-hybridized carbons (Fsp3) is 0.750. The third-order valence-corrected chi connectivity index (χ3v) is 2.36. The number of hydrogen-bond donors (Lipinski definition) is 0. The second-order valence-electron chi connectivity index (χ2n) is 3.27. The zero-order chi connectivity index (χ0) is 9.14. The summed E-state index contributed by atoms with van der Waals surface area (Å²) in [5, 5.41) is 0. The predicted molar refractivity (Wildman–Crippen MR) is 44.7 cm³/mol. The molecule has 1 heterocycles. The summed E-state index contributed by atoms with van der Waals surface area (Å²) >= 11 is 0. The quantitative estimate of drug-likeness (QED) is 0.408. The lowest BCUT2D eigenvalue weighted by molar-refractivity contribution is -0.139. The highest BCUT2D eigenvalue weighted by molar-refractivity contribution is 6.23. The van der Waals surface area contributed by atoms with Crippen LogP contribution in [0.1, 0.15) is 6.42 Å². The van der Waals surface area contributed by atoms with E-state index >= 15 is 0 Å². The summed E-state index contributed by atoms with van der Waals surface area (Å²) in [6.45, 7) is 1.87. The van der Waals surface area contributed by atoms with Crippen molar-refractivity contribution in [2.75, 3.05) is 27.2 Å². The molecular formula is C8H14N2O2. The van der Waals surface area contributed by atoms with Gasteiger partial charge in [-0.3, -0.25) is 9.59 Å². The number of carbonyl (C=O) groups is 2. The molecule has 4 nitrogen and oxygen atoms in total. The van der Waals surface area contributed by atoms with Crippen molar-refractivity contribution in [3.63, 3.8) is 0 Å². The van der Waals surface area contributed by atoms with Gasteiger partial charge >= 0.3 is 0 Å². The van der Waals surface area contributed by atoms with E-state index in [1.165, 1.54) is 4.90 Å². The average Bonchev–Trinajstić information content (AvgIpc) is 2.49. The van der Waals surface area contributed by atoms with E-state index in [1.54, 1.807) is 7.05 Å². The Kier molecular flexibility index (Phi) is 2.81. The van der Waals surface area contributed by atoms with Gasteiger partial charge in [0.05, 0.1) is 0 Å². The van der Waals surface area contributed by atoms with E-state index in [2.05, 4.69) is 4.90 Å². The van der Waals surface area contributed by atoms with Gasteiger partial charge in [-0.25, -0.2) is 0 Å². The molecular weight excluding hydrogens is 156 g/mol. The van der Waals surface area contributed by atoms with Gasteiger partial charge in [-0.2, -0.15) is 0 Å². The van der Waals surface area contributed by atoms with Gasteiger partial charge in [0.25, 0.3) is 5.91 Å². The molecule has 1 aliphatic rings. The van der Waals surface area contributed by atoms with E-state index in [9.17, 15) is 9.59 Å². The molecule has 68 valence electrons. The van der Waals surface area contributed by atoms with E-state index in [-0.39, 0.29) is 6.04 Å². The Labute approximate surface area is 72.1 Å². The zero-order valence-electron chi connectivity index (χ0n) is 7.49. The summed E-state index contributed by atoms with van der Waals surface area (Å²) in [5.41, 5.74) is 0. The molecule has 0 aromatic carbocycles. The van der Waals surface area contributed by atoms with Gasteiger partial charge in [-0.05, 0) is 20.0 Å². The molecule has 0 spiro atoms. The smallest absolute Gasteiger partial charge is 0.286 e. The minimum atomic E-state index is -0.421. The predicted octanol–water partition coefficient (Wildman–Crippen LogP) is -0.652. The van der Waals surface area contributed by atoms with Crippen LogP contribution in [0.15, 0.2) is 0 Å². The molecule has 1 amide bonds. The van der Waals surface area contributed by atoms with E-state index in [4.69, 9.17) is 0 Å². The van der Waals surface area contributed by atoms with Crippen molar-refractivity contribution in [1.82, 2.24) is 9.80 Å². The van der Waals surface area contributed by atoms with E-state index in [0.717, 1.165) is 19.5 Å². The van der Waals surface area contributed by atoms with Crippen LogP contribution in [-0.4, -0.2) is 55.2 Å². The molecule has 1 aliphatic heterocycles. The summed E-state index contributed by atoms with van der Waals surface area (Å²) in [4.78, 5) is 24.8. The molecule has 12 heavy (non-hydrogen) atoms. The number of aldehydes is 1. The van der Waals surface area contributed by atoms with Gasteiger partial charge in [0.2, 0.25) is 6.29 Å². The molecule has 0 bridgehead atoms. The first-order valence-electron chi connectivity index (χ1n) is 4.05. The molecule has 1 saturated heterocycles. The van der Waals surface area contributed by atoms with Crippen LogP contribution in [0.4, 0.5) is 0 Å². The van der Waals surface area contributed by atoms with Crippen molar-refractivity contribution in [3.8, 4) is 0 Å². The lowest BCUT2D eigenvalue weighted by atomic mass is 10.2. The normalized spacial score (nSPS) is 24.0. The maximum absolute atomic E-state index is 10.9. The van der Waals surface area contributed by atoms with Crippen LogP contribution in [0.2, 0.25) is 0 Å². The molecule has 1 fully saturated rings. The summed E-state index contributed by atoms with van der Waals surface area (Å²) in [6, 6.07) is 0.215. The Morgan fingerprint density at radius 3 is 2.75 bits per heavy atom. The van der Waals surface area contributed by atoms with Crippen LogP contribution in [0.25, 0.3) is 0 Å². The van der Waals surface area contributed by atoms with Crippen molar-refractivity contribution in [2.45, 2.75) is 12.5 Å². The first-order valence-corrected chi connectivity index (χ1v) is 4.05. The van der Waals surface area contributed by atoms with Gasteiger partial charge in [0, 0.05) is 19.6 Å².